The minimum absolute atomic E-state index is 0.0661. The maximum atomic E-state index is 12.7. The third-order valence-electron chi connectivity index (χ3n) is 7.50. The van der Waals surface area contributed by atoms with Gasteiger partial charge in [0.15, 0.2) is 0 Å². The standard InChI is InChI=1S/C22H41NO/c1-16(2)19-8-12-21(6,13-9-19)23(18(5)24)22(7)14-10-20(11-15-22)17(3)4/h16-17,19-20H,8-15H2,1-7H3. The zero-order valence-electron chi connectivity index (χ0n) is 17.3. The number of hydrogen-bond acceptors (Lipinski definition) is 1. The van der Waals surface area contributed by atoms with Crippen LogP contribution >= 0.6 is 0 Å². The molecule has 1 amide bonds. The van der Waals surface area contributed by atoms with Crippen molar-refractivity contribution in [3.05, 3.63) is 0 Å². The zero-order chi connectivity index (χ0) is 18.1. The highest BCUT2D eigenvalue weighted by molar-refractivity contribution is 5.75. The van der Waals surface area contributed by atoms with E-state index >= 15 is 0 Å². The normalized spacial score (nSPS) is 37.7. The lowest BCUT2D eigenvalue weighted by Crippen LogP contribution is -2.62. The topological polar surface area (TPSA) is 20.3 Å². The molecule has 24 heavy (non-hydrogen) atoms. The third-order valence-corrected chi connectivity index (χ3v) is 7.50. The van der Waals surface area contributed by atoms with Gasteiger partial charge in [-0.25, -0.2) is 0 Å². The highest BCUT2D eigenvalue weighted by Gasteiger charge is 2.47. The van der Waals surface area contributed by atoms with Gasteiger partial charge in [-0.3, -0.25) is 4.79 Å². The van der Waals surface area contributed by atoms with Crippen molar-refractivity contribution in [2.24, 2.45) is 23.7 Å². The molecule has 2 fully saturated rings. The molecule has 0 spiro atoms. The minimum atomic E-state index is 0.0661. The lowest BCUT2D eigenvalue weighted by molar-refractivity contribution is -0.150. The van der Waals surface area contributed by atoms with E-state index in [1.807, 2.05) is 0 Å². The highest BCUT2D eigenvalue weighted by atomic mass is 16.2. The summed E-state index contributed by atoms with van der Waals surface area (Å²) in [6.07, 6.45) is 9.84. The van der Waals surface area contributed by atoms with Gasteiger partial charge in [0.05, 0.1) is 0 Å². The summed E-state index contributed by atoms with van der Waals surface area (Å²) in [7, 11) is 0. The Bertz CT molecular complexity index is 389. The van der Waals surface area contributed by atoms with Crippen molar-refractivity contribution >= 4 is 5.91 Å². The van der Waals surface area contributed by atoms with Gasteiger partial charge in [-0.1, -0.05) is 27.7 Å². The van der Waals surface area contributed by atoms with Gasteiger partial charge in [0.2, 0.25) is 5.91 Å². The third kappa shape index (κ3) is 3.99. The molecule has 0 radical (unpaired) electrons. The second-order valence-corrected chi connectivity index (χ2v) is 10.0. The molecule has 0 bridgehead atoms. The molecular weight excluding hydrogens is 294 g/mol. The molecule has 2 rings (SSSR count). The number of hydrogen-bond donors (Lipinski definition) is 0. The fraction of sp³-hybridized carbons (Fsp3) is 0.955. The number of carbonyl (C=O) groups is 1. The van der Waals surface area contributed by atoms with Gasteiger partial charge >= 0.3 is 0 Å². The lowest BCUT2D eigenvalue weighted by atomic mass is 9.68. The molecular formula is C22H41NO. The Kier molecular flexibility index (Phi) is 6.08. The Hall–Kier alpha value is -0.530. The summed E-state index contributed by atoms with van der Waals surface area (Å²) < 4.78 is 0. The second kappa shape index (κ2) is 7.38. The van der Waals surface area contributed by atoms with E-state index in [1.54, 1.807) is 6.92 Å². The van der Waals surface area contributed by atoms with Crippen LogP contribution in [0.25, 0.3) is 0 Å². The zero-order valence-corrected chi connectivity index (χ0v) is 17.3. The number of nitrogens with zero attached hydrogens (tertiary/aromatic N) is 1. The van der Waals surface area contributed by atoms with E-state index in [4.69, 9.17) is 0 Å². The summed E-state index contributed by atoms with van der Waals surface area (Å²) in [5.41, 5.74) is 0.132. The molecule has 0 atom stereocenters. The van der Waals surface area contributed by atoms with Crippen LogP contribution in [0.3, 0.4) is 0 Å². The molecule has 2 heteroatoms. The summed E-state index contributed by atoms with van der Waals surface area (Å²) in [5.74, 6) is 3.54. The smallest absolute Gasteiger partial charge is 0.220 e. The average molecular weight is 336 g/mol. The van der Waals surface area contributed by atoms with Crippen molar-refractivity contribution in [1.29, 1.82) is 0 Å². The molecule has 0 saturated heterocycles. The van der Waals surface area contributed by atoms with Gasteiger partial charge < -0.3 is 4.90 Å². The van der Waals surface area contributed by atoms with E-state index in [9.17, 15) is 4.79 Å². The monoisotopic (exact) mass is 335 g/mol. The Morgan fingerprint density at radius 3 is 1.29 bits per heavy atom. The molecule has 0 unspecified atom stereocenters. The molecule has 2 saturated carbocycles. The Morgan fingerprint density at radius 2 is 1.08 bits per heavy atom. The van der Waals surface area contributed by atoms with Crippen molar-refractivity contribution in [3.63, 3.8) is 0 Å². The first kappa shape index (κ1) is 19.8. The first-order valence-corrected chi connectivity index (χ1v) is 10.4. The molecule has 0 aromatic carbocycles. The number of carbonyl (C=O) groups excluding carboxylic acids is 1. The predicted molar refractivity (Wildman–Crippen MR) is 103 cm³/mol. The van der Waals surface area contributed by atoms with Crippen molar-refractivity contribution < 1.29 is 4.79 Å². The quantitative estimate of drug-likeness (QED) is 0.613. The van der Waals surface area contributed by atoms with Crippen molar-refractivity contribution in [2.75, 3.05) is 0 Å². The number of amides is 1. The Morgan fingerprint density at radius 1 is 0.792 bits per heavy atom. The summed E-state index contributed by atoms with van der Waals surface area (Å²) in [6.45, 7) is 15.9. The van der Waals surface area contributed by atoms with Crippen molar-refractivity contribution in [3.8, 4) is 0 Å². The summed E-state index contributed by atoms with van der Waals surface area (Å²) >= 11 is 0. The molecule has 0 heterocycles. The highest BCUT2D eigenvalue weighted by Crippen LogP contribution is 2.47. The minimum Gasteiger partial charge on any atom is -0.332 e. The molecule has 0 aromatic rings. The SMILES string of the molecule is CC(=O)N(C1(C)CCC(C(C)C)CC1)C1(C)CCC(C(C)C)CC1. The lowest BCUT2D eigenvalue weighted by Gasteiger charge is -2.56. The molecule has 0 aromatic heterocycles. The number of rotatable bonds is 4. The van der Waals surface area contributed by atoms with E-state index in [-0.39, 0.29) is 11.1 Å². The second-order valence-electron chi connectivity index (χ2n) is 10.0. The van der Waals surface area contributed by atoms with Crippen LogP contribution < -0.4 is 0 Å². The van der Waals surface area contributed by atoms with Crippen LogP contribution in [0.2, 0.25) is 0 Å². The average Bonchev–Trinajstić information content (AvgIpc) is 2.47. The van der Waals surface area contributed by atoms with Crippen LogP contribution in [-0.2, 0) is 4.79 Å². The first-order valence-electron chi connectivity index (χ1n) is 10.4. The maximum Gasteiger partial charge on any atom is 0.220 e. The fourth-order valence-electron chi connectivity index (χ4n) is 5.72. The van der Waals surface area contributed by atoms with E-state index in [2.05, 4.69) is 46.4 Å². The van der Waals surface area contributed by atoms with Crippen LogP contribution in [0.5, 0.6) is 0 Å². The van der Waals surface area contributed by atoms with Crippen LogP contribution in [0.15, 0.2) is 0 Å². The summed E-state index contributed by atoms with van der Waals surface area (Å²) in [4.78, 5) is 15.0. The largest absolute Gasteiger partial charge is 0.332 e. The fourth-order valence-corrected chi connectivity index (χ4v) is 5.72. The van der Waals surface area contributed by atoms with Gasteiger partial charge in [0.1, 0.15) is 0 Å². The van der Waals surface area contributed by atoms with Crippen LogP contribution in [0.4, 0.5) is 0 Å². The molecule has 140 valence electrons. The molecule has 0 N–H and O–H groups in total. The molecule has 2 nitrogen and oxygen atoms in total. The summed E-state index contributed by atoms with van der Waals surface area (Å²) in [5, 5.41) is 0. The Balaban J connectivity index is 2.13. The van der Waals surface area contributed by atoms with Crippen LogP contribution in [-0.4, -0.2) is 21.9 Å². The van der Waals surface area contributed by atoms with E-state index in [0.717, 1.165) is 23.7 Å². The first-order chi connectivity index (χ1) is 11.1. The van der Waals surface area contributed by atoms with Gasteiger partial charge in [-0.05, 0) is 88.9 Å². The summed E-state index contributed by atoms with van der Waals surface area (Å²) in [6, 6.07) is 0. The Labute approximate surface area is 150 Å². The maximum absolute atomic E-state index is 12.7. The van der Waals surface area contributed by atoms with Gasteiger partial charge in [0.25, 0.3) is 0 Å². The predicted octanol–water partition coefficient (Wildman–Crippen LogP) is 6.04. The van der Waals surface area contributed by atoms with E-state index in [0.29, 0.717) is 5.91 Å². The van der Waals surface area contributed by atoms with E-state index < -0.39 is 0 Å². The van der Waals surface area contributed by atoms with Crippen molar-refractivity contribution in [2.45, 2.75) is 111 Å². The molecule has 0 aliphatic heterocycles. The van der Waals surface area contributed by atoms with Gasteiger partial charge in [0, 0.05) is 18.0 Å². The molecule has 2 aliphatic carbocycles. The van der Waals surface area contributed by atoms with E-state index in [1.165, 1.54) is 51.4 Å². The van der Waals surface area contributed by atoms with Crippen LogP contribution in [0, 0.1) is 23.7 Å². The van der Waals surface area contributed by atoms with Gasteiger partial charge in [-0.15, -0.1) is 0 Å². The van der Waals surface area contributed by atoms with Crippen LogP contribution in [0.1, 0.15) is 99.8 Å². The molecule has 2 aliphatic rings. The van der Waals surface area contributed by atoms with Crippen molar-refractivity contribution in [1.82, 2.24) is 4.90 Å². The van der Waals surface area contributed by atoms with Gasteiger partial charge in [-0.2, -0.15) is 0 Å².